The molecule has 1 heterocycles. The van der Waals surface area contributed by atoms with Gasteiger partial charge in [0.15, 0.2) is 0 Å². The summed E-state index contributed by atoms with van der Waals surface area (Å²) < 4.78 is 0. The fourth-order valence-corrected chi connectivity index (χ4v) is 1.86. The second-order valence-electron chi connectivity index (χ2n) is 3.79. The number of rotatable bonds is 2. The van der Waals surface area contributed by atoms with Crippen LogP contribution in [-0.4, -0.2) is 10.1 Å². The summed E-state index contributed by atoms with van der Waals surface area (Å²) in [7, 11) is 0. The molecular weight excluding hydrogens is 222 g/mol. The molecule has 1 atom stereocenters. The maximum absolute atomic E-state index is 10.0. The van der Waals surface area contributed by atoms with Gasteiger partial charge >= 0.3 is 0 Å². The van der Waals surface area contributed by atoms with E-state index in [0.717, 1.165) is 16.5 Å². The van der Waals surface area contributed by atoms with Gasteiger partial charge in [-0.15, -0.1) is 0 Å². The van der Waals surface area contributed by atoms with E-state index in [9.17, 15) is 5.11 Å². The standard InChI is InChI=1S/C13H12ClNO/c1-8(2)13(16)10-5-6-11(14)9-4-3-7-15-12(9)10/h3-7,13,16H,1H2,2H3. The third-order valence-corrected chi connectivity index (χ3v) is 2.84. The molecule has 1 aromatic heterocycles. The van der Waals surface area contributed by atoms with E-state index in [2.05, 4.69) is 11.6 Å². The lowest BCUT2D eigenvalue weighted by atomic mass is 10.0. The number of aliphatic hydroxyl groups is 1. The summed E-state index contributed by atoms with van der Waals surface area (Å²) in [5, 5.41) is 11.5. The number of hydrogen-bond donors (Lipinski definition) is 1. The highest BCUT2D eigenvalue weighted by Crippen LogP contribution is 2.30. The highest BCUT2D eigenvalue weighted by molar-refractivity contribution is 6.35. The fraction of sp³-hybridized carbons (Fsp3) is 0.154. The number of fused-ring (bicyclic) bond motifs is 1. The lowest BCUT2D eigenvalue weighted by Crippen LogP contribution is -2.00. The summed E-state index contributed by atoms with van der Waals surface area (Å²) >= 11 is 6.07. The SMILES string of the molecule is C=C(C)C(O)c1ccc(Cl)c2cccnc12. The van der Waals surface area contributed by atoms with Crippen molar-refractivity contribution >= 4 is 22.5 Å². The van der Waals surface area contributed by atoms with Crippen molar-refractivity contribution in [3.8, 4) is 0 Å². The Kier molecular flexibility index (Phi) is 2.95. The lowest BCUT2D eigenvalue weighted by Gasteiger charge is -2.13. The number of halogens is 1. The maximum Gasteiger partial charge on any atom is 0.102 e. The zero-order valence-electron chi connectivity index (χ0n) is 8.94. The Morgan fingerprint density at radius 2 is 2.19 bits per heavy atom. The Bertz CT molecular complexity index is 551. The molecule has 3 heteroatoms. The summed E-state index contributed by atoms with van der Waals surface area (Å²) in [5.74, 6) is 0. The van der Waals surface area contributed by atoms with E-state index in [0.29, 0.717) is 10.6 Å². The Morgan fingerprint density at radius 3 is 2.88 bits per heavy atom. The van der Waals surface area contributed by atoms with E-state index in [1.54, 1.807) is 25.3 Å². The molecule has 1 aromatic carbocycles. The molecule has 2 rings (SSSR count). The first kappa shape index (κ1) is 11.1. The largest absolute Gasteiger partial charge is 0.384 e. The first-order valence-electron chi connectivity index (χ1n) is 4.98. The van der Waals surface area contributed by atoms with Gasteiger partial charge in [0.2, 0.25) is 0 Å². The van der Waals surface area contributed by atoms with Crippen LogP contribution < -0.4 is 0 Å². The second-order valence-corrected chi connectivity index (χ2v) is 4.19. The Hall–Kier alpha value is -1.38. The van der Waals surface area contributed by atoms with Crippen molar-refractivity contribution in [2.24, 2.45) is 0 Å². The van der Waals surface area contributed by atoms with Crippen LogP contribution in [0.15, 0.2) is 42.6 Å². The number of nitrogens with zero attached hydrogens (tertiary/aromatic N) is 1. The number of hydrogen-bond acceptors (Lipinski definition) is 2. The minimum Gasteiger partial charge on any atom is -0.384 e. The quantitative estimate of drug-likeness (QED) is 0.806. The molecule has 0 saturated heterocycles. The van der Waals surface area contributed by atoms with Crippen molar-refractivity contribution in [1.29, 1.82) is 0 Å². The zero-order chi connectivity index (χ0) is 11.7. The number of benzene rings is 1. The molecule has 2 nitrogen and oxygen atoms in total. The third kappa shape index (κ3) is 1.82. The van der Waals surface area contributed by atoms with Crippen LogP contribution in [0.3, 0.4) is 0 Å². The van der Waals surface area contributed by atoms with Gasteiger partial charge in [-0.05, 0) is 30.7 Å². The van der Waals surface area contributed by atoms with Crippen molar-refractivity contribution < 1.29 is 5.11 Å². The highest BCUT2D eigenvalue weighted by atomic mass is 35.5. The van der Waals surface area contributed by atoms with Gasteiger partial charge in [-0.1, -0.05) is 24.2 Å². The molecule has 0 saturated carbocycles. The van der Waals surface area contributed by atoms with E-state index in [1.165, 1.54) is 0 Å². The van der Waals surface area contributed by atoms with Crippen molar-refractivity contribution in [2.45, 2.75) is 13.0 Å². The minimum atomic E-state index is -0.699. The average Bonchev–Trinajstić information content (AvgIpc) is 2.29. The van der Waals surface area contributed by atoms with Crippen molar-refractivity contribution in [3.05, 3.63) is 53.2 Å². The summed E-state index contributed by atoms with van der Waals surface area (Å²) in [6.45, 7) is 5.54. The number of aromatic nitrogens is 1. The summed E-state index contributed by atoms with van der Waals surface area (Å²) in [4.78, 5) is 4.26. The van der Waals surface area contributed by atoms with Crippen LogP contribution in [0.25, 0.3) is 10.9 Å². The summed E-state index contributed by atoms with van der Waals surface area (Å²) in [6.07, 6.45) is 0.988. The van der Waals surface area contributed by atoms with Crippen LogP contribution in [0.2, 0.25) is 5.02 Å². The van der Waals surface area contributed by atoms with Gasteiger partial charge in [0.1, 0.15) is 6.10 Å². The molecule has 0 aliphatic heterocycles. The second kappa shape index (κ2) is 4.24. The van der Waals surface area contributed by atoms with Crippen molar-refractivity contribution in [2.75, 3.05) is 0 Å². The van der Waals surface area contributed by atoms with E-state index < -0.39 is 6.10 Å². The van der Waals surface area contributed by atoms with Crippen LogP contribution in [0, 0.1) is 0 Å². The first-order chi connectivity index (χ1) is 7.61. The molecule has 0 amide bonds. The molecule has 0 fully saturated rings. The lowest BCUT2D eigenvalue weighted by molar-refractivity contribution is 0.217. The van der Waals surface area contributed by atoms with Gasteiger partial charge < -0.3 is 5.11 Å². The van der Waals surface area contributed by atoms with E-state index in [1.807, 2.05) is 12.1 Å². The van der Waals surface area contributed by atoms with Crippen LogP contribution in [-0.2, 0) is 0 Å². The maximum atomic E-state index is 10.0. The molecule has 0 bridgehead atoms. The molecule has 16 heavy (non-hydrogen) atoms. The van der Waals surface area contributed by atoms with Gasteiger partial charge in [0.05, 0.1) is 5.52 Å². The predicted octanol–water partition coefficient (Wildman–Crippen LogP) is 3.50. The Labute approximate surface area is 99.2 Å². The molecule has 2 aromatic rings. The smallest absolute Gasteiger partial charge is 0.102 e. The van der Waals surface area contributed by atoms with Gasteiger partial charge in [0, 0.05) is 22.2 Å². The molecule has 0 radical (unpaired) electrons. The first-order valence-corrected chi connectivity index (χ1v) is 5.35. The molecule has 1 N–H and O–H groups in total. The molecule has 1 unspecified atom stereocenters. The average molecular weight is 234 g/mol. The number of pyridine rings is 1. The van der Waals surface area contributed by atoms with Gasteiger partial charge in [0.25, 0.3) is 0 Å². The monoisotopic (exact) mass is 233 g/mol. The molecule has 0 aliphatic carbocycles. The Balaban J connectivity index is 2.72. The highest BCUT2D eigenvalue weighted by Gasteiger charge is 2.13. The summed E-state index contributed by atoms with van der Waals surface area (Å²) in [6, 6.07) is 7.27. The molecule has 0 spiro atoms. The van der Waals surface area contributed by atoms with Crippen LogP contribution >= 0.6 is 11.6 Å². The van der Waals surface area contributed by atoms with Gasteiger partial charge in [-0.3, -0.25) is 4.98 Å². The third-order valence-electron chi connectivity index (χ3n) is 2.51. The topological polar surface area (TPSA) is 33.1 Å². The van der Waals surface area contributed by atoms with E-state index >= 15 is 0 Å². The number of aliphatic hydroxyl groups excluding tert-OH is 1. The normalized spacial score (nSPS) is 12.7. The van der Waals surface area contributed by atoms with Crippen molar-refractivity contribution in [3.63, 3.8) is 0 Å². The molecular formula is C13H12ClNO. The van der Waals surface area contributed by atoms with Gasteiger partial charge in [-0.2, -0.15) is 0 Å². The van der Waals surface area contributed by atoms with E-state index in [4.69, 9.17) is 11.6 Å². The molecule has 0 aliphatic rings. The van der Waals surface area contributed by atoms with Crippen molar-refractivity contribution in [1.82, 2.24) is 4.98 Å². The zero-order valence-corrected chi connectivity index (χ0v) is 9.70. The van der Waals surface area contributed by atoms with Gasteiger partial charge in [-0.25, -0.2) is 0 Å². The predicted molar refractivity (Wildman–Crippen MR) is 66.5 cm³/mol. The summed E-state index contributed by atoms with van der Waals surface area (Å²) in [5.41, 5.74) is 2.16. The van der Waals surface area contributed by atoms with Crippen LogP contribution in [0.4, 0.5) is 0 Å². The fourth-order valence-electron chi connectivity index (χ4n) is 1.65. The van der Waals surface area contributed by atoms with Crippen LogP contribution in [0.1, 0.15) is 18.6 Å². The molecule has 82 valence electrons. The minimum absolute atomic E-state index is 0.640. The van der Waals surface area contributed by atoms with E-state index in [-0.39, 0.29) is 0 Å². The van der Waals surface area contributed by atoms with Crippen LogP contribution in [0.5, 0.6) is 0 Å². The Morgan fingerprint density at radius 1 is 1.44 bits per heavy atom.